The summed E-state index contributed by atoms with van der Waals surface area (Å²) >= 11 is 0. The van der Waals surface area contributed by atoms with Gasteiger partial charge in [-0.25, -0.2) is 0 Å². The minimum Gasteiger partial charge on any atom is -0.371 e. The van der Waals surface area contributed by atoms with Crippen LogP contribution in [-0.2, 0) is 0 Å². The van der Waals surface area contributed by atoms with E-state index in [1.54, 1.807) is 18.2 Å². The number of benzene rings is 1. The molecular formula is C12H14N2O. The highest BCUT2D eigenvalue weighted by atomic mass is 16.1. The summed E-state index contributed by atoms with van der Waals surface area (Å²) in [7, 11) is 0. The Morgan fingerprint density at radius 3 is 2.53 bits per heavy atom. The smallest absolute Gasteiger partial charge is 0.152 e. The Kier molecular flexibility index (Phi) is 3.87. The molecule has 0 aliphatic rings. The van der Waals surface area contributed by atoms with Gasteiger partial charge in [0.1, 0.15) is 0 Å². The van der Waals surface area contributed by atoms with Crippen molar-refractivity contribution in [3.8, 4) is 6.07 Å². The van der Waals surface area contributed by atoms with E-state index in [4.69, 9.17) is 5.26 Å². The van der Waals surface area contributed by atoms with Gasteiger partial charge in [-0.1, -0.05) is 0 Å². The SMILES string of the molecule is CCN(CC)c1cc(C#N)ccc1C=O. The zero-order chi connectivity index (χ0) is 11.3. The first-order valence-electron chi connectivity index (χ1n) is 5.01. The fraction of sp³-hybridized carbons (Fsp3) is 0.333. The van der Waals surface area contributed by atoms with Crippen molar-refractivity contribution in [1.29, 1.82) is 5.26 Å². The minimum atomic E-state index is 0.586. The lowest BCUT2D eigenvalue weighted by atomic mass is 10.1. The summed E-state index contributed by atoms with van der Waals surface area (Å²) in [5, 5.41) is 8.80. The molecule has 0 unspecified atom stereocenters. The van der Waals surface area contributed by atoms with Crippen molar-refractivity contribution in [2.75, 3.05) is 18.0 Å². The Balaban J connectivity index is 3.23. The van der Waals surface area contributed by atoms with Crippen molar-refractivity contribution in [2.45, 2.75) is 13.8 Å². The highest BCUT2D eigenvalue weighted by molar-refractivity contribution is 5.85. The first-order valence-corrected chi connectivity index (χ1v) is 5.01. The number of aldehydes is 1. The fourth-order valence-electron chi connectivity index (χ4n) is 1.55. The molecule has 0 spiro atoms. The summed E-state index contributed by atoms with van der Waals surface area (Å²) in [6.07, 6.45) is 0.828. The van der Waals surface area contributed by atoms with Gasteiger partial charge in [-0.05, 0) is 32.0 Å². The molecule has 0 aliphatic heterocycles. The van der Waals surface area contributed by atoms with Crippen LogP contribution in [0.15, 0.2) is 18.2 Å². The van der Waals surface area contributed by atoms with Gasteiger partial charge in [0, 0.05) is 24.3 Å². The standard InChI is InChI=1S/C12H14N2O/c1-3-14(4-2)12-7-10(8-13)5-6-11(12)9-15/h5-7,9H,3-4H2,1-2H3. The van der Waals surface area contributed by atoms with Crippen LogP contribution in [-0.4, -0.2) is 19.4 Å². The van der Waals surface area contributed by atoms with E-state index < -0.39 is 0 Å². The molecule has 3 heteroatoms. The lowest BCUT2D eigenvalue weighted by molar-refractivity contribution is 0.112. The van der Waals surface area contributed by atoms with E-state index in [-0.39, 0.29) is 0 Å². The van der Waals surface area contributed by atoms with Gasteiger partial charge in [0.05, 0.1) is 11.6 Å². The molecule has 0 amide bonds. The molecule has 3 nitrogen and oxygen atoms in total. The highest BCUT2D eigenvalue weighted by Gasteiger charge is 2.08. The van der Waals surface area contributed by atoms with Crippen LogP contribution in [0.25, 0.3) is 0 Å². The normalized spacial score (nSPS) is 9.40. The van der Waals surface area contributed by atoms with Gasteiger partial charge in [-0.3, -0.25) is 4.79 Å². The van der Waals surface area contributed by atoms with Gasteiger partial charge < -0.3 is 4.90 Å². The Hall–Kier alpha value is -1.82. The summed E-state index contributed by atoms with van der Waals surface area (Å²) < 4.78 is 0. The lowest BCUT2D eigenvalue weighted by Gasteiger charge is -2.22. The quantitative estimate of drug-likeness (QED) is 0.703. The van der Waals surface area contributed by atoms with Gasteiger partial charge >= 0.3 is 0 Å². The van der Waals surface area contributed by atoms with Gasteiger partial charge in [-0.15, -0.1) is 0 Å². The number of hydrogen-bond acceptors (Lipinski definition) is 3. The van der Waals surface area contributed by atoms with Crippen molar-refractivity contribution in [2.24, 2.45) is 0 Å². The van der Waals surface area contributed by atoms with Crippen molar-refractivity contribution >= 4 is 12.0 Å². The Bertz CT molecular complexity index is 389. The summed E-state index contributed by atoms with van der Waals surface area (Å²) in [5.41, 5.74) is 2.06. The zero-order valence-corrected chi connectivity index (χ0v) is 9.03. The average Bonchev–Trinajstić information content (AvgIpc) is 2.30. The van der Waals surface area contributed by atoms with E-state index in [0.717, 1.165) is 25.1 Å². The summed E-state index contributed by atoms with van der Waals surface area (Å²) in [5.74, 6) is 0. The molecule has 0 saturated heterocycles. The zero-order valence-electron chi connectivity index (χ0n) is 9.03. The number of hydrogen-bond donors (Lipinski definition) is 0. The molecule has 15 heavy (non-hydrogen) atoms. The molecule has 0 N–H and O–H groups in total. The highest BCUT2D eigenvalue weighted by Crippen LogP contribution is 2.20. The van der Waals surface area contributed by atoms with Crippen LogP contribution >= 0.6 is 0 Å². The van der Waals surface area contributed by atoms with Crippen molar-refractivity contribution in [3.05, 3.63) is 29.3 Å². The van der Waals surface area contributed by atoms with Crippen LogP contribution < -0.4 is 4.90 Å². The van der Waals surface area contributed by atoms with Crippen LogP contribution in [0.4, 0.5) is 5.69 Å². The molecule has 0 atom stereocenters. The molecular weight excluding hydrogens is 188 g/mol. The van der Waals surface area contributed by atoms with Gasteiger partial charge in [0.25, 0.3) is 0 Å². The minimum absolute atomic E-state index is 0.586. The predicted molar refractivity (Wildman–Crippen MR) is 60.1 cm³/mol. The predicted octanol–water partition coefficient (Wildman–Crippen LogP) is 2.22. The molecule has 0 saturated carbocycles. The second-order valence-electron chi connectivity index (χ2n) is 3.18. The van der Waals surface area contributed by atoms with Crippen molar-refractivity contribution in [3.63, 3.8) is 0 Å². The third-order valence-corrected chi connectivity index (χ3v) is 2.39. The summed E-state index contributed by atoms with van der Waals surface area (Å²) in [4.78, 5) is 12.9. The van der Waals surface area contributed by atoms with E-state index in [0.29, 0.717) is 11.1 Å². The van der Waals surface area contributed by atoms with E-state index in [9.17, 15) is 4.79 Å². The molecule has 1 aromatic rings. The number of carbonyl (C=O) groups excluding carboxylic acids is 1. The van der Waals surface area contributed by atoms with Crippen LogP contribution in [0.1, 0.15) is 29.8 Å². The number of carbonyl (C=O) groups is 1. The molecule has 0 heterocycles. The number of nitriles is 1. The first-order chi connectivity index (χ1) is 7.26. The average molecular weight is 202 g/mol. The van der Waals surface area contributed by atoms with Gasteiger partial charge in [0.2, 0.25) is 0 Å². The maximum atomic E-state index is 10.9. The van der Waals surface area contributed by atoms with Crippen LogP contribution in [0, 0.1) is 11.3 Å². The molecule has 0 fully saturated rings. The monoisotopic (exact) mass is 202 g/mol. The largest absolute Gasteiger partial charge is 0.371 e. The van der Waals surface area contributed by atoms with E-state index in [2.05, 4.69) is 11.0 Å². The molecule has 0 aliphatic carbocycles. The summed E-state index contributed by atoms with van der Waals surface area (Å²) in [6.45, 7) is 5.70. The van der Waals surface area contributed by atoms with E-state index in [1.165, 1.54) is 0 Å². The second kappa shape index (κ2) is 5.16. The van der Waals surface area contributed by atoms with E-state index in [1.807, 2.05) is 13.8 Å². The fourth-order valence-corrected chi connectivity index (χ4v) is 1.55. The van der Waals surface area contributed by atoms with Crippen LogP contribution in [0.5, 0.6) is 0 Å². The molecule has 1 rings (SSSR count). The second-order valence-corrected chi connectivity index (χ2v) is 3.18. The summed E-state index contributed by atoms with van der Waals surface area (Å²) in [6, 6.07) is 7.20. The maximum absolute atomic E-state index is 10.9. The topological polar surface area (TPSA) is 44.1 Å². The van der Waals surface area contributed by atoms with Crippen LogP contribution in [0.2, 0.25) is 0 Å². The molecule has 0 radical (unpaired) electrons. The van der Waals surface area contributed by atoms with E-state index >= 15 is 0 Å². The number of nitrogens with zero attached hydrogens (tertiary/aromatic N) is 2. The Morgan fingerprint density at radius 2 is 2.07 bits per heavy atom. The molecule has 0 aromatic heterocycles. The lowest BCUT2D eigenvalue weighted by Crippen LogP contribution is -2.23. The number of rotatable bonds is 4. The Labute approximate surface area is 89.9 Å². The van der Waals surface area contributed by atoms with Crippen molar-refractivity contribution in [1.82, 2.24) is 0 Å². The maximum Gasteiger partial charge on any atom is 0.152 e. The van der Waals surface area contributed by atoms with Gasteiger partial charge in [-0.2, -0.15) is 5.26 Å². The number of anilines is 1. The third kappa shape index (κ3) is 2.35. The first kappa shape index (κ1) is 11.3. The van der Waals surface area contributed by atoms with Crippen molar-refractivity contribution < 1.29 is 4.79 Å². The molecule has 0 bridgehead atoms. The molecule has 1 aromatic carbocycles. The third-order valence-electron chi connectivity index (χ3n) is 2.39. The van der Waals surface area contributed by atoms with Gasteiger partial charge in [0.15, 0.2) is 6.29 Å². The Morgan fingerprint density at radius 1 is 1.40 bits per heavy atom. The molecule has 78 valence electrons. The van der Waals surface area contributed by atoms with Crippen LogP contribution in [0.3, 0.4) is 0 Å².